The van der Waals surface area contributed by atoms with Gasteiger partial charge < -0.3 is 15.8 Å². The van der Waals surface area contributed by atoms with Crippen LogP contribution in [0.1, 0.15) is 52.1 Å². The molecular weight excluding hydrogens is 252 g/mol. The molecule has 0 radical (unpaired) electrons. The smallest absolute Gasteiger partial charge is 0.260 e. The Balaban J connectivity index is 2.56. The highest BCUT2D eigenvalue weighted by molar-refractivity contribution is 5.81. The van der Waals surface area contributed by atoms with Gasteiger partial charge in [0.1, 0.15) is 5.75 Å². The number of nitrogens with two attached hydrogens (primary N) is 1. The van der Waals surface area contributed by atoms with E-state index >= 15 is 0 Å². The van der Waals surface area contributed by atoms with Crippen LogP contribution in [0.25, 0.3) is 0 Å². The van der Waals surface area contributed by atoms with E-state index in [1.165, 1.54) is 0 Å². The molecule has 112 valence electrons. The summed E-state index contributed by atoms with van der Waals surface area (Å²) in [5.74, 6) is 0.608. The van der Waals surface area contributed by atoms with E-state index < -0.39 is 6.10 Å². The van der Waals surface area contributed by atoms with Gasteiger partial charge in [-0.05, 0) is 44.4 Å². The third-order valence-electron chi connectivity index (χ3n) is 3.42. The van der Waals surface area contributed by atoms with Crippen molar-refractivity contribution in [3.8, 4) is 5.75 Å². The molecule has 0 bridgehead atoms. The molecule has 3 N–H and O–H groups in total. The zero-order valence-corrected chi connectivity index (χ0v) is 12.8. The molecule has 1 amide bonds. The molecule has 0 saturated carbocycles. The molecular formula is C16H26N2O2. The molecule has 1 aromatic carbocycles. The van der Waals surface area contributed by atoms with Gasteiger partial charge in [-0.3, -0.25) is 4.79 Å². The second kappa shape index (κ2) is 7.90. The van der Waals surface area contributed by atoms with Crippen molar-refractivity contribution in [2.45, 2.75) is 58.7 Å². The molecule has 0 aliphatic carbocycles. The second-order valence-corrected chi connectivity index (χ2v) is 5.14. The lowest BCUT2D eigenvalue weighted by Crippen LogP contribution is -2.42. The van der Waals surface area contributed by atoms with Crippen LogP contribution in [0, 0.1) is 0 Å². The molecule has 1 unspecified atom stereocenters. The maximum absolute atomic E-state index is 12.0. The fraction of sp³-hybridized carbons (Fsp3) is 0.562. The van der Waals surface area contributed by atoms with Gasteiger partial charge in [-0.25, -0.2) is 0 Å². The molecule has 0 aromatic heterocycles. The highest BCUT2D eigenvalue weighted by Gasteiger charge is 2.17. The maximum Gasteiger partial charge on any atom is 0.260 e. The van der Waals surface area contributed by atoms with E-state index in [4.69, 9.17) is 10.5 Å². The van der Waals surface area contributed by atoms with Crippen molar-refractivity contribution in [3.63, 3.8) is 0 Å². The predicted molar refractivity (Wildman–Crippen MR) is 81.6 cm³/mol. The molecule has 0 fully saturated rings. The zero-order chi connectivity index (χ0) is 15.1. The Kier molecular flexibility index (Phi) is 6.52. The van der Waals surface area contributed by atoms with Crippen molar-refractivity contribution in [3.05, 3.63) is 29.8 Å². The highest BCUT2D eigenvalue weighted by Crippen LogP contribution is 2.17. The predicted octanol–water partition coefficient (Wildman–Crippen LogP) is 2.78. The molecule has 0 spiro atoms. The quantitative estimate of drug-likeness (QED) is 0.806. The summed E-state index contributed by atoms with van der Waals surface area (Å²) in [5, 5.41) is 2.98. The van der Waals surface area contributed by atoms with Crippen LogP contribution >= 0.6 is 0 Å². The normalized spacial score (nSPS) is 13.9. The molecule has 4 heteroatoms. The Morgan fingerprint density at radius 1 is 1.20 bits per heavy atom. The Hall–Kier alpha value is -1.55. The van der Waals surface area contributed by atoms with Crippen LogP contribution < -0.4 is 15.8 Å². The number of amides is 1. The van der Waals surface area contributed by atoms with Gasteiger partial charge in [-0.15, -0.1) is 0 Å². The number of hydrogen-bond donors (Lipinski definition) is 2. The average Bonchev–Trinajstić information content (AvgIpc) is 2.44. The SMILES string of the molecule is CCC(CC)NC(=O)C(C)Oc1ccc([C@H](C)N)cc1. The third kappa shape index (κ3) is 4.85. The summed E-state index contributed by atoms with van der Waals surface area (Å²) < 4.78 is 5.65. The topological polar surface area (TPSA) is 64.3 Å². The van der Waals surface area contributed by atoms with Crippen LogP contribution in [-0.2, 0) is 4.79 Å². The van der Waals surface area contributed by atoms with E-state index in [0.29, 0.717) is 5.75 Å². The number of nitrogens with one attached hydrogen (secondary N) is 1. The Bertz CT molecular complexity index is 411. The number of hydrogen-bond acceptors (Lipinski definition) is 3. The van der Waals surface area contributed by atoms with E-state index in [0.717, 1.165) is 18.4 Å². The Morgan fingerprint density at radius 3 is 2.20 bits per heavy atom. The number of carbonyl (C=O) groups is 1. The minimum absolute atomic E-state index is 0.000335. The van der Waals surface area contributed by atoms with Crippen molar-refractivity contribution in [2.24, 2.45) is 5.73 Å². The van der Waals surface area contributed by atoms with E-state index in [9.17, 15) is 4.79 Å². The van der Waals surface area contributed by atoms with E-state index in [1.54, 1.807) is 6.92 Å². The van der Waals surface area contributed by atoms with E-state index in [1.807, 2.05) is 31.2 Å². The summed E-state index contributed by atoms with van der Waals surface area (Å²) in [5.41, 5.74) is 6.84. The van der Waals surface area contributed by atoms with Gasteiger partial charge in [0.25, 0.3) is 5.91 Å². The Morgan fingerprint density at radius 2 is 1.75 bits per heavy atom. The van der Waals surface area contributed by atoms with Crippen LogP contribution in [0.2, 0.25) is 0 Å². The van der Waals surface area contributed by atoms with Crippen LogP contribution in [0.4, 0.5) is 0 Å². The largest absolute Gasteiger partial charge is 0.481 e. The van der Waals surface area contributed by atoms with Crippen molar-refractivity contribution in [2.75, 3.05) is 0 Å². The fourth-order valence-corrected chi connectivity index (χ4v) is 1.92. The number of benzene rings is 1. The van der Waals surface area contributed by atoms with Gasteiger partial charge in [0.05, 0.1) is 0 Å². The summed E-state index contributed by atoms with van der Waals surface area (Å²) in [6.07, 6.45) is 1.35. The monoisotopic (exact) mass is 278 g/mol. The fourth-order valence-electron chi connectivity index (χ4n) is 1.92. The summed E-state index contributed by atoms with van der Waals surface area (Å²) in [7, 11) is 0. The van der Waals surface area contributed by atoms with Crippen LogP contribution in [0.5, 0.6) is 5.75 Å². The van der Waals surface area contributed by atoms with Crippen LogP contribution in [0.3, 0.4) is 0 Å². The van der Waals surface area contributed by atoms with E-state index in [2.05, 4.69) is 19.2 Å². The highest BCUT2D eigenvalue weighted by atomic mass is 16.5. The lowest BCUT2D eigenvalue weighted by molar-refractivity contribution is -0.128. The maximum atomic E-state index is 12.0. The summed E-state index contributed by atoms with van der Waals surface area (Å²) >= 11 is 0. The summed E-state index contributed by atoms with van der Waals surface area (Å²) in [4.78, 5) is 12.0. The van der Waals surface area contributed by atoms with Gasteiger partial charge in [0.2, 0.25) is 0 Å². The lowest BCUT2D eigenvalue weighted by atomic mass is 10.1. The average molecular weight is 278 g/mol. The number of carbonyl (C=O) groups excluding carboxylic acids is 1. The first-order valence-electron chi connectivity index (χ1n) is 7.30. The lowest BCUT2D eigenvalue weighted by Gasteiger charge is -2.19. The standard InChI is InChI=1S/C16H26N2O2/c1-5-14(6-2)18-16(19)12(4)20-15-9-7-13(8-10-15)11(3)17/h7-12,14H,5-6,17H2,1-4H3,(H,18,19)/t11-,12?/m0/s1. The van der Waals surface area contributed by atoms with Gasteiger partial charge in [-0.1, -0.05) is 26.0 Å². The Labute approximate surface area is 121 Å². The van der Waals surface area contributed by atoms with Gasteiger partial charge >= 0.3 is 0 Å². The van der Waals surface area contributed by atoms with Gasteiger partial charge in [0, 0.05) is 12.1 Å². The minimum atomic E-state index is -0.503. The van der Waals surface area contributed by atoms with Crippen molar-refractivity contribution in [1.82, 2.24) is 5.32 Å². The molecule has 0 aliphatic rings. The summed E-state index contributed by atoms with van der Waals surface area (Å²) in [6, 6.07) is 7.75. The first-order valence-corrected chi connectivity index (χ1v) is 7.30. The molecule has 0 aliphatic heterocycles. The molecule has 1 rings (SSSR count). The first kappa shape index (κ1) is 16.5. The molecule has 1 aromatic rings. The third-order valence-corrected chi connectivity index (χ3v) is 3.42. The molecule has 0 saturated heterocycles. The van der Waals surface area contributed by atoms with Crippen molar-refractivity contribution < 1.29 is 9.53 Å². The number of ether oxygens (including phenoxy) is 1. The van der Waals surface area contributed by atoms with Gasteiger partial charge in [0.15, 0.2) is 6.10 Å². The van der Waals surface area contributed by atoms with Crippen LogP contribution in [0.15, 0.2) is 24.3 Å². The van der Waals surface area contributed by atoms with Crippen molar-refractivity contribution >= 4 is 5.91 Å². The van der Waals surface area contributed by atoms with Gasteiger partial charge in [-0.2, -0.15) is 0 Å². The first-order chi connectivity index (χ1) is 9.47. The molecule has 4 nitrogen and oxygen atoms in total. The second-order valence-electron chi connectivity index (χ2n) is 5.14. The van der Waals surface area contributed by atoms with E-state index in [-0.39, 0.29) is 18.0 Å². The molecule has 20 heavy (non-hydrogen) atoms. The van der Waals surface area contributed by atoms with Crippen molar-refractivity contribution in [1.29, 1.82) is 0 Å². The molecule has 0 heterocycles. The minimum Gasteiger partial charge on any atom is -0.481 e. The number of rotatable bonds is 7. The zero-order valence-electron chi connectivity index (χ0n) is 12.8. The molecule has 2 atom stereocenters. The van der Waals surface area contributed by atoms with Crippen LogP contribution in [-0.4, -0.2) is 18.1 Å². The summed E-state index contributed by atoms with van der Waals surface area (Å²) in [6.45, 7) is 7.82.